The number of halogens is 3. The van der Waals surface area contributed by atoms with Gasteiger partial charge in [-0.15, -0.1) is 0 Å². The Kier molecular flexibility index (Phi) is 7.49. The summed E-state index contributed by atoms with van der Waals surface area (Å²) >= 11 is 0. The quantitative estimate of drug-likeness (QED) is 0.693. The van der Waals surface area contributed by atoms with Crippen LogP contribution in [0, 0.1) is 0 Å². The average Bonchev–Trinajstić information content (AvgIpc) is 2.67. The van der Waals surface area contributed by atoms with Crippen molar-refractivity contribution in [3.05, 3.63) is 36.3 Å². The summed E-state index contributed by atoms with van der Waals surface area (Å²) in [4.78, 5) is 13.9. The second-order valence-corrected chi connectivity index (χ2v) is 6.04. The first-order valence-corrected chi connectivity index (χ1v) is 8.83. The van der Waals surface area contributed by atoms with E-state index in [1.807, 2.05) is 13.8 Å². The van der Waals surface area contributed by atoms with Crippen molar-refractivity contribution in [2.24, 2.45) is 0 Å². The van der Waals surface area contributed by atoms with Crippen LogP contribution in [-0.4, -0.2) is 57.2 Å². The van der Waals surface area contributed by atoms with E-state index in [4.69, 9.17) is 0 Å². The van der Waals surface area contributed by atoms with Crippen molar-refractivity contribution in [1.82, 2.24) is 19.9 Å². The second kappa shape index (κ2) is 9.61. The van der Waals surface area contributed by atoms with Crippen molar-refractivity contribution in [2.45, 2.75) is 32.5 Å². The van der Waals surface area contributed by atoms with Gasteiger partial charge in [0.2, 0.25) is 0 Å². The minimum Gasteiger partial charge on any atom is -0.394 e. The molecule has 0 aliphatic rings. The molecule has 2 aromatic heterocycles. The van der Waals surface area contributed by atoms with Gasteiger partial charge in [0, 0.05) is 30.6 Å². The van der Waals surface area contributed by atoms with Crippen LogP contribution in [0.5, 0.6) is 0 Å². The van der Waals surface area contributed by atoms with Gasteiger partial charge in [-0.05, 0) is 31.6 Å². The van der Waals surface area contributed by atoms with Gasteiger partial charge in [-0.3, -0.25) is 4.98 Å². The van der Waals surface area contributed by atoms with Gasteiger partial charge < -0.3 is 15.3 Å². The molecule has 2 rings (SSSR count). The van der Waals surface area contributed by atoms with Gasteiger partial charge in [0.1, 0.15) is 5.82 Å². The van der Waals surface area contributed by atoms with Crippen LogP contribution in [0.1, 0.15) is 26.0 Å². The topological polar surface area (TPSA) is 74.2 Å². The molecule has 0 amide bonds. The van der Waals surface area contributed by atoms with E-state index in [1.54, 1.807) is 12.1 Å². The van der Waals surface area contributed by atoms with Crippen LogP contribution in [0.3, 0.4) is 0 Å². The van der Waals surface area contributed by atoms with Crippen molar-refractivity contribution in [1.29, 1.82) is 0 Å². The van der Waals surface area contributed by atoms with Gasteiger partial charge in [-0.2, -0.15) is 13.2 Å². The average molecular weight is 383 g/mol. The summed E-state index contributed by atoms with van der Waals surface area (Å²) in [5, 5.41) is 12.5. The number of aliphatic hydroxyl groups is 1. The summed E-state index contributed by atoms with van der Waals surface area (Å²) < 4.78 is 39.7. The Hall–Kier alpha value is -2.26. The Morgan fingerprint density at radius 3 is 2.37 bits per heavy atom. The van der Waals surface area contributed by atoms with Crippen molar-refractivity contribution < 1.29 is 18.3 Å². The van der Waals surface area contributed by atoms with Gasteiger partial charge in [0.05, 0.1) is 12.6 Å². The highest BCUT2D eigenvalue weighted by molar-refractivity contribution is 5.57. The third-order valence-corrected chi connectivity index (χ3v) is 4.22. The normalized spacial score (nSPS) is 13.0. The smallest absolute Gasteiger partial charge is 0.394 e. The maximum absolute atomic E-state index is 13.2. The number of alkyl halides is 3. The standard InChI is InChI=1S/C18H24F3N5O/c1-3-26(4-2)10-7-14(12-27)23-16-11-15(18(19,20)21)24-17(25-16)13-5-8-22-9-6-13/h5-6,8-9,11,14,27H,3-4,7,10,12H2,1-2H3,(H,23,24,25)/t14-/m1/s1. The molecule has 0 bridgehead atoms. The van der Waals surface area contributed by atoms with E-state index < -0.39 is 17.9 Å². The highest BCUT2D eigenvalue weighted by atomic mass is 19.4. The number of anilines is 1. The summed E-state index contributed by atoms with van der Waals surface area (Å²) in [7, 11) is 0. The first-order chi connectivity index (χ1) is 12.9. The summed E-state index contributed by atoms with van der Waals surface area (Å²) in [5.74, 6) is -0.0158. The van der Waals surface area contributed by atoms with E-state index in [0.717, 1.165) is 25.7 Å². The maximum Gasteiger partial charge on any atom is 0.433 e. The van der Waals surface area contributed by atoms with Gasteiger partial charge in [-0.1, -0.05) is 13.8 Å². The number of rotatable bonds is 9. The number of nitrogens with one attached hydrogen (secondary N) is 1. The Morgan fingerprint density at radius 1 is 1.15 bits per heavy atom. The molecule has 0 radical (unpaired) electrons. The molecule has 1 atom stereocenters. The van der Waals surface area contributed by atoms with Crippen LogP contribution in [0.2, 0.25) is 0 Å². The van der Waals surface area contributed by atoms with Crippen LogP contribution in [0.15, 0.2) is 30.6 Å². The van der Waals surface area contributed by atoms with E-state index in [2.05, 4.69) is 25.2 Å². The number of pyridine rings is 1. The van der Waals surface area contributed by atoms with Gasteiger partial charge in [0.15, 0.2) is 11.5 Å². The molecule has 2 heterocycles. The molecule has 9 heteroatoms. The van der Waals surface area contributed by atoms with Crippen molar-refractivity contribution in [3.8, 4) is 11.4 Å². The van der Waals surface area contributed by atoms with Gasteiger partial charge in [0.25, 0.3) is 0 Å². The second-order valence-electron chi connectivity index (χ2n) is 6.04. The first-order valence-electron chi connectivity index (χ1n) is 8.83. The zero-order valence-electron chi connectivity index (χ0n) is 15.4. The molecule has 0 spiro atoms. The van der Waals surface area contributed by atoms with Crippen LogP contribution in [0.4, 0.5) is 19.0 Å². The Bertz CT molecular complexity index is 708. The lowest BCUT2D eigenvalue weighted by Gasteiger charge is -2.23. The predicted octanol–water partition coefficient (Wildman–Crippen LogP) is 3.06. The third-order valence-electron chi connectivity index (χ3n) is 4.22. The summed E-state index contributed by atoms with van der Waals surface area (Å²) in [6, 6.07) is 3.55. The minimum absolute atomic E-state index is 0.0303. The van der Waals surface area contributed by atoms with Crippen LogP contribution in [0.25, 0.3) is 11.4 Å². The fourth-order valence-corrected chi connectivity index (χ4v) is 2.59. The molecule has 2 aromatic rings. The van der Waals surface area contributed by atoms with Crippen LogP contribution < -0.4 is 5.32 Å². The number of hydrogen-bond acceptors (Lipinski definition) is 6. The lowest BCUT2D eigenvalue weighted by molar-refractivity contribution is -0.141. The van der Waals surface area contributed by atoms with E-state index in [0.29, 0.717) is 12.0 Å². The fourth-order valence-electron chi connectivity index (χ4n) is 2.59. The largest absolute Gasteiger partial charge is 0.433 e. The zero-order valence-corrected chi connectivity index (χ0v) is 15.4. The van der Waals surface area contributed by atoms with Crippen molar-refractivity contribution >= 4 is 5.82 Å². The molecular formula is C18H24F3N5O. The summed E-state index contributed by atoms with van der Waals surface area (Å²) in [6.45, 7) is 6.31. The van der Waals surface area contributed by atoms with E-state index in [1.165, 1.54) is 12.4 Å². The molecule has 0 saturated heterocycles. The molecule has 0 aliphatic heterocycles. The monoisotopic (exact) mass is 383 g/mol. The summed E-state index contributed by atoms with van der Waals surface area (Å²) in [6.07, 6.45) is -1.09. The Balaban J connectivity index is 2.26. The lowest BCUT2D eigenvalue weighted by Crippen LogP contribution is -2.32. The molecule has 0 aliphatic carbocycles. The summed E-state index contributed by atoms with van der Waals surface area (Å²) in [5.41, 5.74) is -0.602. The molecule has 148 valence electrons. The molecule has 0 aromatic carbocycles. The number of aromatic nitrogens is 3. The number of nitrogens with zero attached hydrogens (tertiary/aromatic N) is 4. The molecule has 0 saturated carbocycles. The van der Waals surface area contributed by atoms with E-state index >= 15 is 0 Å². The SMILES string of the molecule is CCN(CC)CC[C@H](CO)Nc1cc(C(F)(F)F)nc(-c2ccncc2)n1. The lowest BCUT2D eigenvalue weighted by atomic mass is 10.2. The highest BCUT2D eigenvalue weighted by Gasteiger charge is 2.34. The minimum atomic E-state index is -4.60. The molecular weight excluding hydrogens is 359 g/mol. The molecule has 0 fully saturated rings. The van der Waals surface area contributed by atoms with Crippen molar-refractivity contribution in [2.75, 3.05) is 31.6 Å². The highest BCUT2D eigenvalue weighted by Crippen LogP contribution is 2.30. The predicted molar refractivity (Wildman–Crippen MR) is 97.2 cm³/mol. The first kappa shape index (κ1) is 21.0. The Labute approximate surface area is 156 Å². The zero-order chi connectivity index (χ0) is 19.9. The molecule has 0 unspecified atom stereocenters. The van der Waals surface area contributed by atoms with E-state index in [-0.39, 0.29) is 18.2 Å². The number of aliphatic hydroxyl groups excluding tert-OH is 1. The fraction of sp³-hybridized carbons (Fsp3) is 0.500. The Morgan fingerprint density at radius 2 is 1.81 bits per heavy atom. The van der Waals surface area contributed by atoms with Crippen LogP contribution >= 0.6 is 0 Å². The van der Waals surface area contributed by atoms with Crippen molar-refractivity contribution in [3.63, 3.8) is 0 Å². The van der Waals surface area contributed by atoms with Gasteiger partial charge >= 0.3 is 6.18 Å². The van der Waals surface area contributed by atoms with Crippen LogP contribution in [-0.2, 0) is 6.18 Å². The van der Waals surface area contributed by atoms with Gasteiger partial charge in [-0.25, -0.2) is 9.97 Å². The molecule has 6 nitrogen and oxygen atoms in total. The maximum atomic E-state index is 13.2. The number of hydrogen-bond donors (Lipinski definition) is 2. The third kappa shape index (κ3) is 6.14. The van der Waals surface area contributed by atoms with E-state index in [9.17, 15) is 18.3 Å². The molecule has 2 N–H and O–H groups in total. The molecule has 27 heavy (non-hydrogen) atoms.